The number of halogens is 3. The summed E-state index contributed by atoms with van der Waals surface area (Å²) in [4.78, 5) is 17.2. The summed E-state index contributed by atoms with van der Waals surface area (Å²) in [7, 11) is 0. The van der Waals surface area contributed by atoms with Crippen molar-refractivity contribution in [1.29, 1.82) is 0 Å². The molecule has 1 amide bonds. The first kappa shape index (κ1) is 17.2. The Morgan fingerprint density at radius 1 is 1.43 bits per heavy atom. The van der Waals surface area contributed by atoms with Gasteiger partial charge in [-0.05, 0) is 12.1 Å². The number of imidazole rings is 1. The second kappa shape index (κ2) is 6.97. The van der Waals surface area contributed by atoms with Crippen LogP contribution in [0.25, 0.3) is 5.52 Å². The van der Waals surface area contributed by atoms with Gasteiger partial charge in [0.25, 0.3) is 5.91 Å². The van der Waals surface area contributed by atoms with Crippen molar-refractivity contribution in [3.63, 3.8) is 0 Å². The van der Waals surface area contributed by atoms with Crippen molar-refractivity contribution in [2.24, 2.45) is 0 Å². The topological polar surface area (TPSA) is 78.1 Å². The van der Waals surface area contributed by atoms with Gasteiger partial charge in [-0.1, -0.05) is 0 Å². The molecule has 126 valence electrons. The van der Waals surface area contributed by atoms with Crippen molar-refractivity contribution in [3.05, 3.63) is 36.4 Å². The normalized spacial score (nSPS) is 13.3. The third-order valence-corrected chi connectivity index (χ3v) is 3.26. The number of aromatic nitrogens is 2. The van der Waals surface area contributed by atoms with Gasteiger partial charge in [-0.2, -0.15) is 13.2 Å². The Bertz CT molecular complexity index is 672. The van der Waals surface area contributed by atoms with Gasteiger partial charge in [0.05, 0.1) is 37.2 Å². The quantitative estimate of drug-likeness (QED) is 0.830. The monoisotopic (exact) mass is 331 g/mol. The zero-order valence-corrected chi connectivity index (χ0v) is 12.1. The minimum absolute atomic E-state index is 0.185. The van der Waals surface area contributed by atoms with E-state index in [2.05, 4.69) is 4.98 Å². The first-order valence-electron chi connectivity index (χ1n) is 6.87. The lowest BCUT2D eigenvalue weighted by atomic mass is 10.2. The number of aliphatic hydroxyl groups is 2. The van der Waals surface area contributed by atoms with E-state index >= 15 is 0 Å². The van der Waals surface area contributed by atoms with Gasteiger partial charge in [0.1, 0.15) is 0 Å². The van der Waals surface area contributed by atoms with Crippen LogP contribution in [0.5, 0.6) is 0 Å². The molecule has 2 heterocycles. The molecule has 2 aromatic rings. The van der Waals surface area contributed by atoms with E-state index in [4.69, 9.17) is 5.11 Å². The molecule has 0 saturated carbocycles. The van der Waals surface area contributed by atoms with Crippen LogP contribution in [0.3, 0.4) is 0 Å². The highest BCUT2D eigenvalue weighted by Gasteiger charge is 2.30. The molecule has 0 unspecified atom stereocenters. The van der Waals surface area contributed by atoms with Crippen LogP contribution in [0.4, 0.5) is 13.2 Å². The summed E-state index contributed by atoms with van der Waals surface area (Å²) in [5.41, 5.74) is 0.805. The smallest absolute Gasteiger partial charge is 0.390 e. The molecule has 0 fully saturated rings. The summed E-state index contributed by atoms with van der Waals surface area (Å²) in [5.74, 6) is -0.648. The van der Waals surface area contributed by atoms with Gasteiger partial charge in [-0.25, -0.2) is 4.98 Å². The molecule has 0 aliphatic rings. The summed E-state index contributed by atoms with van der Waals surface area (Å²) in [6.07, 6.45) is -2.30. The van der Waals surface area contributed by atoms with Gasteiger partial charge >= 0.3 is 6.18 Å². The Labute approximate surface area is 129 Å². The molecule has 6 nitrogen and oxygen atoms in total. The molecular weight excluding hydrogens is 315 g/mol. The Morgan fingerprint density at radius 3 is 2.83 bits per heavy atom. The predicted octanol–water partition coefficient (Wildman–Crippen LogP) is 1.08. The van der Waals surface area contributed by atoms with Gasteiger partial charge in [0, 0.05) is 24.8 Å². The molecule has 2 aromatic heterocycles. The number of carbonyl (C=O) groups is 1. The maximum Gasteiger partial charge on any atom is 0.390 e. The molecule has 0 spiro atoms. The molecule has 0 aromatic carbocycles. The van der Waals surface area contributed by atoms with E-state index in [1.807, 2.05) is 0 Å². The van der Waals surface area contributed by atoms with Gasteiger partial charge < -0.3 is 19.5 Å². The van der Waals surface area contributed by atoms with Gasteiger partial charge in [-0.15, -0.1) is 0 Å². The van der Waals surface area contributed by atoms with Crippen LogP contribution in [0.2, 0.25) is 0 Å². The predicted molar refractivity (Wildman–Crippen MR) is 74.9 cm³/mol. The number of pyridine rings is 1. The van der Waals surface area contributed by atoms with Crippen molar-refractivity contribution >= 4 is 11.4 Å². The molecule has 0 aliphatic heterocycles. The lowest BCUT2D eigenvalue weighted by molar-refractivity contribution is -0.137. The van der Waals surface area contributed by atoms with Gasteiger partial charge in [-0.3, -0.25) is 4.79 Å². The second-order valence-corrected chi connectivity index (χ2v) is 5.09. The minimum atomic E-state index is -4.42. The molecule has 9 heteroatoms. The summed E-state index contributed by atoms with van der Waals surface area (Å²) in [5, 5.41) is 18.3. The highest BCUT2D eigenvalue weighted by atomic mass is 19.4. The van der Waals surface area contributed by atoms with E-state index in [0.29, 0.717) is 5.52 Å². The number of carbonyl (C=O) groups excluding carboxylic acids is 1. The maximum absolute atomic E-state index is 12.4. The highest BCUT2D eigenvalue weighted by molar-refractivity contribution is 5.95. The Balaban J connectivity index is 2.19. The number of rotatable bonds is 6. The Hall–Kier alpha value is -2.13. The number of hydrogen-bond acceptors (Lipinski definition) is 4. The van der Waals surface area contributed by atoms with Crippen LogP contribution in [-0.2, 0) is 0 Å². The van der Waals surface area contributed by atoms with Crippen LogP contribution >= 0.6 is 0 Å². The van der Waals surface area contributed by atoms with Crippen LogP contribution in [-0.4, -0.2) is 62.4 Å². The maximum atomic E-state index is 12.4. The number of fused-ring (bicyclic) bond motifs is 1. The Kier molecular flexibility index (Phi) is 5.22. The van der Waals surface area contributed by atoms with Gasteiger partial charge in [0.15, 0.2) is 0 Å². The lowest BCUT2D eigenvalue weighted by Crippen LogP contribution is -2.40. The summed E-state index contributed by atoms with van der Waals surface area (Å²) >= 11 is 0. The zero-order valence-electron chi connectivity index (χ0n) is 12.1. The van der Waals surface area contributed by atoms with Crippen molar-refractivity contribution < 1.29 is 28.2 Å². The molecule has 2 rings (SSSR count). The minimum Gasteiger partial charge on any atom is -0.394 e. The van der Waals surface area contributed by atoms with E-state index in [9.17, 15) is 23.1 Å². The molecule has 0 aliphatic carbocycles. The highest BCUT2D eigenvalue weighted by Crippen LogP contribution is 2.21. The van der Waals surface area contributed by atoms with Crippen LogP contribution in [0, 0.1) is 0 Å². The standard InChI is InChI=1S/C14H16F3N3O3/c15-14(16,17)2-4-19(7-12(22)8-21)13(23)10-1-3-20-9-18-6-11(20)5-10/h1,3,5-6,9,12,21-22H,2,4,7-8H2/t12-/m0/s1. The summed E-state index contributed by atoms with van der Waals surface area (Å²) in [6.45, 7) is -1.61. The van der Waals surface area contributed by atoms with E-state index < -0.39 is 37.8 Å². The first-order valence-corrected chi connectivity index (χ1v) is 6.87. The van der Waals surface area contributed by atoms with Crippen molar-refractivity contribution in [1.82, 2.24) is 14.3 Å². The largest absolute Gasteiger partial charge is 0.394 e. The summed E-state index contributed by atoms with van der Waals surface area (Å²) in [6, 6.07) is 2.96. The van der Waals surface area contributed by atoms with Gasteiger partial charge in [0.2, 0.25) is 0 Å². The summed E-state index contributed by atoms with van der Waals surface area (Å²) < 4.78 is 38.9. The fourth-order valence-corrected chi connectivity index (χ4v) is 2.08. The number of hydrogen-bond donors (Lipinski definition) is 2. The fourth-order valence-electron chi connectivity index (χ4n) is 2.08. The van der Waals surface area contributed by atoms with Crippen LogP contribution in [0.1, 0.15) is 16.8 Å². The van der Waals surface area contributed by atoms with Crippen molar-refractivity contribution in [3.8, 4) is 0 Å². The van der Waals surface area contributed by atoms with Crippen LogP contribution in [0.15, 0.2) is 30.9 Å². The Morgan fingerprint density at radius 2 is 2.17 bits per heavy atom. The molecule has 23 heavy (non-hydrogen) atoms. The average Bonchev–Trinajstić information content (AvgIpc) is 2.96. The van der Waals surface area contributed by atoms with E-state index in [1.54, 1.807) is 10.6 Å². The molecular formula is C14H16F3N3O3. The number of nitrogens with zero attached hydrogens (tertiary/aromatic N) is 3. The SMILES string of the molecule is O=C(c1ccn2cncc2c1)N(CCC(F)(F)F)C[C@H](O)CO. The van der Waals surface area contributed by atoms with Crippen molar-refractivity contribution in [2.45, 2.75) is 18.7 Å². The molecule has 1 atom stereocenters. The zero-order chi connectivity index (χ0) is 17.0. The number of amides is 1. The van der Waals surface area contributed by atoms with Crippen LogP contribution < -0.4 is 0 Å². The van der Waals surface area contributed by atoms with Crippen molar-refractivity contribution in [2.75, 3.05) is 19.7 Å². The average molecular weight is 331 g/mol. The first-order chi connectivity index (χ1) is 10.8. The second-order valence-electron chi connectivity index (χ2n) is 5.09. The van der Waals surface area contributed by atoms with E-state index in [0.717, 1.165) is 4.90 Å². The molecule has 0 bridgehead atoms. The number of aliphatic hydroxyl groups excluding tert-OH is 2. The molecule has 0 radical (unpaired) electrons. The fraction of sp³-hybridized carbons (Fsp3) is 0.429. The molecule has 2 N–H and O–H groups in total. The lowest BCUT2D eigenvalue weighted by Gasteiger charge is -2.25. The molecule has 0 saturated heterocycles. The van der Waals surface area contributed by atoms with E-state index in [-0.39, 0.29) is 12.1 Å². The number of alkyl halides is 3. The third kappa shape index (κ3) is 4.67. The van der Waals surface area contributed by atoms with E-state index in [1.165, 1.54) is 24.7 Å². The third-order valence-electron chi connectivity index (χ3n) is 3.26.